The minimum Gasteiger partial charge on any atom is -0.354 e. The highest BCUT2D eigenvalue weighted by Gasteiger charge is 2.40. The Bertz CT molecular complexity index is 856. The van der Waals surface area contributed by atoms with Crippen LogP contribution in [0.5, 0.6) is 0 Å². The molecule has 1 aromatic heterocycles. The molecule has 0 radical (unpaired) electrons. The molecule has 1 spiro atoms. The number of benzene rings is 1. The van der Waals surface area contributed by atoms with Crippen LogP contribution >= 0.6 is 23.7 Å². The fourth-order valence-electron chi connectivity index (χ4n) is 5.04. The monoisotopic (exact) mass is 476 g/mol. The molecule has 1 aliphatic carbocycles. The molecule has 6 nitrogen and oxygen atoms in total. The van der Waals surface area contributed by atoms with Gasteiger partial charge in [0.2, 0.25) is 5.91 Å². The number of aromatic nitrogens is 1. The van der Waals surface area contributed by atoms with Crippen LogP contribution < -0.4 is 5.32 Å². The molecule has 174 valence electrons. The third kappa shape index (κ3) is 6.09. The van der Waals surface area contributed by atoms with Crippen LogP contribution in [0, 0.1) is 0 Å². The number of hydrogen-bond acceptors (Lipinski definition) is 5. The van der Waals surface area contributed by atoms with Crippen LogP contribution in [0.3, 0.4) is 0 Å². The van der Waals surface area contributed by atoms with Gasteiger partial charge in [-0.25, -0.2) is 4.98 Å². The predicted octanol–water partition coefficient (Wildman–Crippen LogP) is 4.12. The number of halogens is 1. The van der Waals surface area contributed by atoms with Gasteiger partial charge in [0, 0.05) is 50.1 Å². The van der Waals surface area contributed by atoms with Gasteiger partial charge in [-0.05, 0) is 24.8 Å². The lowest BCUT2D eigenvalue weighted by Gasteiger charge is -2.46. The van der Waals surface area contributed by atoms with E-state index in [2.05, 4.69) is 39.5 Å². The Kier molecular flexibility index (Phi) is 9.08. The molecule has 1 N–H and O–H groups in total. The number of thiazole rings is 1. The molecule has 32 heavy (non-hydrogen) atoms. The normalized spacial score (nSPS) is 20.1. The van der Waals surface area contributed by atoms with E-state index in [1.54, 1.807) is 10.9 Å². The molecule has 2 aliphatic rings. The molecule has 0 bridgehead atoms. The Hall–Kier alpha value is -1.96. The first-order valence-corrected chi connectivity index (χ1v) is 12.3. The van der Waals surface area contributed by atoms with Crippen LogP contribution in [0.15, 0.2) is 41.2 Å². The van der Waals surface area contributed by atoms with Gasteiger partial charge in [0.25, 0.3) is 5.91 Å². The molecule has 0 unspecified atom stereocenters. The van der Waals surface area contributed by atoms with Crippen molar-refractivity contribution in [3.63, 3.8) is 0 Å². The van der Waals surface area contributed by atoms with E-state index in [-0.39, 0.29) is 29.8 Å². The first-order valence-electron chi connectivity index (χ1n) is 11.4. The van der Waals surface area contributed by atoms with Crippen LogP contribution in [0.2, 0.25) is 0 Å². The van der Waals surface area contributed by atoms with Crippen LogP contribution in [-0.2, 0) is 11.3 Å². The summed E-state index contributed by atoms with van der Waals surface area (Å²) in [6.45, 7) is 3.40. The van der Waals surface area contributed by atoms with E-state index < -0.39 is 0 Å². The van der Waals surface area contributed by atoms with Crippen molar-refractivity contribution < 1.29 is 9.59 Å². The van der Waals surface area contributed by atoms with Crippen molar-refractivity contribution in [3.8, 4) is 0 Å². The summed E-state index contributed by atoms with van der Waals surface area (Å²) in [5.74, 6) is 0.0552. The standard InChI is InChI=1S/C24H32N4O2S.ClH/c29-22-16-24(10-5-2-6-11-24)28(17-20-8-3-1-4-9-20)14-7-13-27(15-12-25-22)23(30)21-18-31-19-26-21;/h1,3-4,8-9,18-19H,2,5-7,10-17H2,(H,25,29);1H. The molecular formula is C24H33ClN4O2S. The molecule has 2 amide bonds. The van der Waals surface area contributed by atoms with Gasteiger partial charge in [-0.15, -0.1) is 23.7 Å². The van der Waals surface area contributed by atoms with E-state index >= 15 is 0 Å². The average Bonchev–Trinajstić information content (AvgIpc) is 3.32. The summed E-state index contributed by atoms with van der Waals surface area (Å²) in [5, 5.41) is 4.89. The highest BCUT2D eigenvalue weighted by molar-refractivity contribution is 7.07. The second kappa shape index (κ2) is 11.8. The van der Waals surface area contributed by atoms with Gasteiger partial charge in [-0.2, -0.15) is 0 Å². The highest BCUT2D eigenvalue weighted by Crippen LogP contribution is 2.38. The maximum absolute atomic E-state index is 12.9. The van der Waals surface area contributed by atoms with Crippen molar-refractivity contribution in [1.29, 1.82) is 0 Å². The maximum Gasteiger partial charge on any atom is 0.273 e. The number of carbonyl (C=O) groups excluding carboxylic acids is 2. The fourth-order valence-corrected chi connectivity index (χ4v) is 5.57. The van der Waals surface area contributed by atoms with E-state index in [1.807, 2.05) is 11.0 Å². The highest BCUT2D eigenvalue weighted by atomic mass is 35.5. The topological polar surface area (TPSA) is 65.5 Å². The van der Waals surface area contributed by atoms with E-state index in [4.69, 9.17) is 0 Å². The van der Waals surface area contributed by atoms with E-state index in [0.29, 0.717) is 31.7 Å². The average molecular weight is 477 g/mol. The van der Waals surface area contributed by atoms with Crippen LogP contribution in [0.1, 0.15) is 61.0 Å². The Labute approximate surface area is 200 Å². The number of amides is 2. The lowest BCUT2D eigenvalue weighted by Crippen LogP contribution is -2.52. The van der Waals surface area contributed by atoms with Crippen molar-refractivity contribution in [3.05, 3.63) is 52.5 Å². The Balaban J connectivity index is 0.00000289. The maximum atomic E-state index is 12.9. The SMILES string of the molecule is Cl.O=C1CC2(CCCCC2)N(Cc2ccccc2)CCCN(C(=O)c2cscn2)CCN1. The van der Waals surface area contributed by atoms with Gasteiger partial charge in [-0.3, -0.25) is 14.5 Å². The molecule has 4 rings (SSSR count). The predicted molar refractivity (Wildman–Crippen MR) is 130 cm³/mol. The van der Waals surface area contributed by atoms with E-state index in [0.717, 1.165) is 32.4 Å². The molecule has 2 aromatic rings. The lowest BCUT2D eigenvalue weighted by atomic mass is 9.77. The zero-order valence-electron chi connectivity index (χ0n) is 18.5. The minimum atomic E-state index is -0.0910. The van der Waals surface area contributed by atoms with Gasteiger partial charge in [0.1, 0.15) is 5.69 Å². The van der Waals surface area contributed by atoms with Crippen molar-refractivity contribution in [1.82, 2.24) is 20.1 Å². The van der Waals surface area contributed by atoms with Crippen LogP contribution in [-0.4, -0.2) is 58.3 Å². The second-order valence-corrected chi connectivity index (χ2v) is 9.46. The summed E-state index contributed by atoms with van der Waals surface area (Å²) in [6, 6.07) is 10.5. The zero-order valence-corrected chi connectivity index (χ0v) is 20.1. The lowest BCUT2D eigenvalue weighted by molar-refractivity contribution is -0.125. The van der Waals surface area contributed by atoms with E-state index in [9.17, 15) is 9.59 Å². The molecule has 0 atom stereocenters. The summed E-state index contributed by atoms with van der Waals surface area (Å²) in [4.78, 5) is 34.4. The summed E-state index contributed by atoms with van der Waals surface area (Å²) < 4.78 is 0. The van der Waals surface area contributed by atoms with Crippen molar-refractivity contribution >= 4 is 35.6 Å². The molecule has 1 aliphatic heterocycles. The smallest absolute Gasteiger partial charge is 0.273 e. The van der Waals surface area contributed by atoms with Gasteiger partial charge >= 0.3 is 0 Å². The summed E-state index contributed by atoms with van der Waals surface area (Å²) >= 11 is 1.43. The largest absolute Gasteiger partial charge is 0.354 e. The molecule has 2 heterocycles. The third-order valence-electron chi connectivity index (χ3n) is 6.66. The van der Waals surface area contributed by atoms with Crippen LogP contribution in [0.25, 0.3) is 0 Å². The van der Waals surface area contributed by atoms with Crippen molar-refractivity contribution in [2.24, 2.45) is 0 Å². The van der Waals surface area contributed by atoms with Gasteiger partial charge in [0.05, 0.1) is 5.51 Å². The number of nitrogens with zero attached hydrogens (tertiary/aromatic N) is 3. The Morgan fingerprint density at radius 2 is 1.84 bits per heavy atom. The zero-order chi connectivity index (χ0) is 21.5. The number of nitrogens with one attached hydrogen (secondary N) is 1. The van der Waals surface area contributed by atoms with Gasteiger partial charge in [0.15, 0.2) is 0 Å². The summed E-state index contributed by atoms with van der Waals surface area (Å²) in [6.07, 6.45) is 7.15. The first-order chi connectivity index (χ1) is 15.2. The Morgan fingerprint density at radius 3 is 2.56 bits per heavy atom. The molecule has 8 heteroatoms. The number of carbonyl (C=O) groups is 2. The van der Waals surface area contributed by atoms with E-state index in [1.165, 1.54) is 36.2 Å². The molecule has 1 saturated carbocycles. The third-order valence-corrected chi connectivity index (χ3v) is 7.25. The van der Waals surface area contributed by atoms with Gasteiger partial charge in [-0.1, -0.05) is 49.6 Å². The minimum absolute atomic E-state index is 0. The van der Waals surface area contributed by atoms with Crippen LogP contribution in [0.4, 0.5) is 0 Å². The molecular weight excluding hydrogens is 444 g/mol. The summed E-state index contributed by atoms with van der Waals surface area (Å²) in [5.41, 5.74) is 3.37. The van der Waals surface area contributed by atoms with Gasteiger partial charge < -0.3 is 10.2 Å². The first kappa shape index (κ1) is 24.7. The van der Waals surface area contributed by atoms with Crippen molar-refractivity contribution in [2.75, 3.05) is 26.2 Å². The quantitative estimate of drug-likeness (QED) is 0.723. The molecule has 2 fully saturated rings. The fraction of sp³-hybridized carbons (Fsp3) is 0.542. The molecule has 1 aromatic carbocycles. The molecule has 1 saturated heterocycles. The Morgan fingerprint density at radius 1 is 1.06 bits per heavy atom. The summed E-state index contributed by atoms with van der Waals surface area (Å²) in [7, 11) is 0. The second-order valence-electron chi connectivity index (χ2n) is 8.74. The number of rotatable bonds is 3. The number of hydrogen-bond donors (Lipinski definition) is 1. The van der Waals surface area contributed by atoms with Crippen molar-refractivity contribution in [2.45, 2.75) is 57.0 Å².